The van der Waals surface area contributed by atoms with E-state index >= 15 is 0 Å². The van der Waals surface area contributed by atoms with E-state index in [-0.39, 0.29) is 11.2 Å². The van der Waals surface area contributed by atoms with Crippen molar-refractivity contribution in [1.82, 2.24) is 9.78 Å². The number of aromatic amines is 1. The summed E-state index contributed by atoms with van der Waals surface area (Å²) in [4.78, 5) is 11.1. The number of nitrogens with zero attached hydrogens (tertiary/aromatic N) is 1. The molecular weight excluding hydrogens is 214 g/mol. The van der Waals surface area contributed by atoms with Gasteiger partial charge >= 0.3 is 0 Å². The van der Waals surface area contributed by atoms with Crippen molar-refractivity contribution in [1.29, 1.82) is 0 Å². The van der Waals surface area contributed by atoms with Crippen LogP contribution in [0.3, 0.4) is 0 Å². The molecule has 1 aromatic carbocycles. The Kier molecular flexibility index (Phi) is 2.60. The maximum absolute atomic E-state index is 13.5. The van der Waals surface area contributed by atoms with E-state index in [9.17, 15) is 13.6 Å². The number of H-pyrrole nitrogens is 1. The van der Waals surface area contributed by atoms with Crippen LogP contribution >= 0.6 is 0 Å². The Balaban J connectivity index is 2.62. The number of hydrogen-bond donors (Lipinski definition) is 1. The van der Waals surface area contributed by atoms with E-state index in [2.05, 4.69) is 5.10 Å². The van der Waals surface area contributed by atoms with Crippen LogP contribution in [-0.4, -0.2) is 9.78 Å². The minimum Gasteiger partial charge on any atom is -0.268 e. The smallest absolute Gasteiger partial charge is 0.264 e. The third-order valence-corrected chi connectivity index (χ3v) is 2.32. The summed E-state index contributed by atoms with van der Waals surface area (Å²) in [6, 6.07) is 4.62. The van der Waals surface area contributed by atoms with Gasteiger partial charge in [-0.25, -0.2) is 8.78 Å². The van der Waals surface area contributed by atoms with Gasteiger partial charge in [0.1, 0.15) is 5.82 Å². The fourth-order valence-corrected chi connectivity index (χ4v) is 1.57. The highest BCUT2D eigenvalue weighted by Gasteiger charge is 2.10. The fourth-order valence-electron chi connectivity index (χ4n) is 1.57. The zero-order chi connectivity index (χ0) is 11.7. The molecule has 2 aromatic rings. The molecule has 3 nitrogen and oxygen atoms in total. The number of nitrogens with one attached hydrogen (secondary N) is 1. The third-order valence-electron chi connectivity index (χ3n) is 2.32. The monoisotopic (exact) mass is 224 g/mol. The number of halogens is 2. The van der Waals surface area contributed by atoms with E-state index in [0.717, 1.165) is 12.1 Å². The Labute approximate surface area is 90.3 Å². The lowest BCUT2D eigenvalue weighted by Gasteiger charge is -2.07. The maximum atomic E-state index is 13.5. The normalized spacial score (nSPS) is 10.7. The summed E-state index contributed by atoms with van der Waals surface area (Å²) in [5.41, 5.74) is 0.483. The standard InChI is InChI=1S/C11H10F2N2O/c1-2-8-6-11(16)14-15(8)10-4-3-7(12)5-9(10)13/h3-6H,2H2,1H3,(H,14,16). The highest BCUT2D eigenvalue weighted by Crippen LogP contribution is 2.15. The summed E-state index contributed by atoms with van der Waals surface area (Å²) >= 11 is 0. The zero-order valence-corrected chi connectivity index (χ0v) is 8.63. The van der Waals surface area contributed by atoms with Gasteiger partial charge in [-0.1, -0.05) is 6.92 Å². The van der Waals surface area contributed by atoms with Gasteiger partial charge in [-0.05, 0) is 18.6 Å². The van der Waals surface area contributed by atoms with Gasteiger partial charge < -0.3 is 0 Å². The van der Waals surface area contributed by atoms with E-state index in [1.54, 1.807) is 0 Å². The van der Waals surface area contributed by atoms with Crippen molar-refractivity contribution in [2.24, 2.45) is 0 Å². The van der Waals surface area contributed by atoms with Gasteiger partial charge in [0.25, 0.3) is 5.56 Å². The molecule has 16 heavy (non-hydrogen) atoms. The Hall–Kier alpha value is -1.91. The molecule has 5 heteroatoms. The Bertz CT molecular complexity index is 572. The van der Waals surface area contributed by atoms with Gasteiger partial charge in [-0.3, -0.25) is 14.6 Å². The van der Waals surface area contributed by atoms with Gasteiger partial charge in [-0.2, -0.15) is 0 Å². The summed E-state index contributed by atoms with van der Waals surface area (Å²) in [5, 5.41) is 2.47. The molecule has 0 bridgehead atoms. The lowest BCUT2D eigenvalue weighted by molar-refractivity contribution is 0.571. The number of aromatic nitrogens is 2. The second-order valence-electron chi connectivity index (χ2n) is 3.40. The van der Waals surface area contributed by atoms with E-state index < -0.39 is 11.6 Å². The second kappa shape index (κ2) is 3.92. The quantitative estimate of drug-likeness (QED) is 0.832. The van der Waals surface area contributed by atoms with Crippen molar-refractivity contribution in [3.8, 4) is 5.69 Å². The molecular formula is C11H10F2N2O. The molecule has 0 aliphatic heterocycles. The Morgan fingerprint density at radius 2 is 2.06 bits per heavy atom. The lowest BCUT2D eigenvalue weighted by Crippen LogP contribution is -2.07. The van der Waals surface area contributed by atoms with Crippen molar-refractivity contribution >= 4 is 0 Å². The molecule has 0 saturated heterocycles. The summed E-state index contributed by atoms with van der Waals surface area (Å²) in [6.45, 7) is 1.85. The molecule has 0 spiro atoms. The zero-order valence-electron chi connectivity index (χ0n) is 8.63. The van der Waals surface area contributed by atoms with Gasteiger partial charge in [0.2, 0.25) is 0 Å². The number of hydrogen-bond acceptors (Lipinski definition) is 1. The first kappa shape index (κ1) is 10.6. The Morgan fingerprint density at radius 1 is 1.31 bits per heavy atom. The first-order valence-corrected chi connectivity index (χ1v) is 4.88. The van der Waals surface area contributed by atoms with Crippen molar-refractivity contribution in [3.63, 3.8) is 0 Å². The molecule has 0 fully saturated rings. The maximum Gasteiger partial charge on any atom is 0.264 e. The van der Waals surface area contributed by atoms with Gasteiger partial charge in [0.05, 0.1) is 5.69 Å². The lowest BCUT2D eigenvalue weighted by atomic mass is 10.2. The van der Waals surface area contributed by atoms with Crippen LogP contribution in [0, 0.1) is 11.6 Å². The first-order valence-electron chi connectivity index (χ1n) is 4.88. The second-order valence-corrected chi connectivity index (χ2v) is 3.40. The SMILES string of the molecule is CCc1cc(=O)[nH]n1-c1ccc(F)cc1F. The predicted molar refractivity (Wildman–Crippen MR) is 55.7 cm³/mol. The van der Waals surface area contributed by atoms with Gasteiger partial charge in [0, 0.05) is 17.8 Å². The average Bonchev–Trinajstić information content (AvgIpc) is 2.59. The van der Waals surface area contributed by atoms with Crippen molar-refractivity contribution < 1.29 is 8.78 Å². The Morgan fingerprint density at radius 3 is 2.69 bits per heavy atom. The molecule has 1 aromatic heterocycles. The average molecular weight is 224 g/mol. The third kappa shape index (κ3) is 1.76. The van der Waals surface area contributed by atoms with Gasteiger partial charge in [0.15, 0.2) is 5.82 Å². The molecule has 0 radical (unpaired) electrons. The molecule has 1 N–H and O–H groups in total. The van der Waals surface area contributed by atoms with Crippen LogP contribution in [0.2, 0.25) is 0 Å². The van der Waals surface area contributed by atoms with Crippen LogP contribution in [0.15, 0.2) is 29.1 Å². The van der Waals surface area contributed by atoms with Crippen molar-refractivity contribution in [2.45, 2.75) is 13.3 Å². The van der Waals surface area contributed by atoms with Crippen LogP contribution in [-0.2, 0) is 6.42 Å². The summed E-state index contributed by atoms with van der Waals surface area (Å²) in [6.07, 6.45) is 0.579. The van der Waals surface area contributed by atoms with Crippen LogP contribution < -0.4 is 5.56 Å². The minimum atomic E-state index is -0.707. The van der Waals surface area contributed by atoms with Crippen LogP contribution in [0.25, 0.3) is 5.69 Å². The summed E-state index contributed by atoms with van der Waals surface area (Å²) < 4.78 is 27.5. The molecule has 84 valence electrons. The van der Waals surface area contributed by atoms with Crippen molar-refractivity contribution in [2.75, 3.05) is 0 Å². The highest BCUT2D eigenvalue weighted by molar-refractivity contribution is 5.34. The molecule has 0 aliphatic rings. The molecule has 0 unspecified atom stereocenters. The first-order chi connectivity index (χ1) is 7.61. The van der Waals surface area contributed by atoms with Gasteiger partial charge in [-0.15, -0.1) is 0 Å². The number of aryl methyl sites for hydroxylation is 1. The summed E-state index contributed by atoms with van der Waals surface area (Å²) in [5.74, 6) is -1.35. The van der Waals surface area contributed by atoms with E-state index in [0.29, 0.717) is 12.1 Å². The summed E-state index contributed by atoms with van der Waals surface area (Å²) in [7, 11) is 0. The van der Waals surface area contributed by atoms with E-state index in [4.69, 9.17) is 0 Å². The fraction of sp³-hybridized carbons (Fsp3) is 0.182. The number of rotatable bonds is 2. The molecule has 0 aliphatic carbocycles. The molecule has 2 rings (SSSR count). The predicted octanol–water partition coefficient (Wildman–Crippen LogP) is 2.01. The minimum absolute atomic E-state index is 0.139. The van der Waals surface area contributed by atoms with E-state index in [1.807, 2.05) is 6.92 Å². The molecule has 0 saturated carbocycles. The molecule has 1 heterocycles. The van der Waals surface area contributed by atoms with Crippen molar-refractivity contribution in [3.05, 3.63) is 51.9 Å². The van der Waals surface area contributed by atoms with Crippen LogP contribution in [0.4, 0.5) is 8.78 Å². The number of benzene rings is 1. The highest BCUT2D eigenvalue weighted by atomic mass is 19.1. The van der Waals surface area contributed by atoms with E-state index in [1.165, 1.54) is 16.8 Å². The van der Waals surface area contributed by atoms with Crippen LogP contribution in [0.1, 0.15) is 12.6 Å². The largest absolute Gasteiger partial charge is 0.268 e. The topological polar surface area (TPSA) is 37.8 Å². The van der Waals surface area contributed by atoms with Crippen LogP contribution in [0.5, 0.6) is 0 Å². The molecule has 0 amide bonds. The molecule has 0 atom stereocenters.